The van der Waals surface area contributed by atoms with Gasteiger partial charge in [0.1, 0.15) is 5.69 Å². The van der Waals surface area contributed by atoms with E-state index in [-0.39, 0.29) is 23.4 Å². The standard InChI is InChI=1S/C24H21BrN4O3/c1-14-12-19(14)29-23(31)21-18(26-16-10-8-15(25)9-11-16)13-20(30)27(2)22(21)28(24(29)32)17-6-4-3-5-7-17/h3-11,13-14,19H,12H2,1-2H3,(H,26,30)/p+1. The number of aromatic nitrogens is 3. The lowest BCUT2D eigenvalue weighted by atomic mass is 10.2. The molecule has 5 rings (SSSR count). The Labute approximate surface area is 192 Å². The topological polar surface area (TPSA) is 80.1 Å². The highest BCUT2D eigenvalue weighted by Gasteiger charge is 2.40. The average Bonchev–Trinajstić information content (AvgIpc) is 3.49. The number of halogens is 1. The molecule has 2 aromatic heterocycles. The van der Waals surface area contributed by atoms with Crippen molar-refractivity contribution in [2.24, 2.45) is 13.0 Å². The molecule has 0 amide bonds. The molecule has 7 nitrogen and oxygen atoms in total. The van der Waals surface area contributed by atoms with Crippen LogP contribution in [0, 0.1) is 5.92 Å². The fourth-order valence-electron chi connectivity index (χ4n) is 4.12. The lowest BCUT2D eigenvalue weighted by molar-refractivity contribution is -0.654. The van der Waals surface area contributed by atoms with Gasteiger partial charge < -0.3 is 10.4 Å². The molecule has 4 aromatic rings. The molecule has 1 aliphatic rings. The summed E-state index contributed by atoms with van der Waals surface area (Å²) in [5.74, 6) is 0.189. The van der Waals surface area contributed by atoms with E-state index in [1.54, 1.807) is 7.05 Å². The molecule has 2 unspecified atom stereocenters. The number of nitrogens with zero attached hydrogens (tertiary/aromatic N) is 3. The van der Waals surface area contributed by atoms with Crippen molar-refractivity contribution in [3.63, 3.8) is 0 Å². The van der Waals surface area contributed by atoms with Crippen molar-refractivity contribution in [1.82, 2.24) is 9.13 Å². The van der Waals surface area contributed by atoms with Gasteiger partial charge in [-0.25, -0.2) is 9.36 Å². The van der Waals surface area contributed by atoms with Crippen molar-refractivity contribution < 1.29 is 9.67 Å². The number of fused-ring (bicyclic) bond motifs is 1. The Morgan fingerprint density at radius 3 is 2.38 bits per heavy atom. The second kappa shape index (κ2) is 7.63. The lowest BCUT2D eigenvalue weighted by Crippen LogP contribution is -2.45. The molecule has 1 fully saturated rings. The average molecular weight is 494 g/mol. The van der Waals surface area contributed by atoms with Crippen molar-refractivity contribution in [3.05, 3.63) is 86.0 Å². The molecular weight excluding hydrogens is 472 g/mol. The van der Waals surface area contributed by atoms with Gasteiger partial charge in [-0.3, -0.25) is 4.79 Å². The summed E-state index contributed by atoms with van der Waals surface area (Å²) in [4.78, 5) is 27.3. The molecule has 1 saturated carbocycles. The number of aromatic hydroxyl groups is 1. The highest BCUT2D eigenvalue weighted by molar-refractivity contribution is 9.10. The van der Waals surface area contributed by atoms with Crippen LogP contribution >= 0.6 is 15.9 Å². The Morgan fingerprint density at radius 2 is 1.75 bits per heavy atom. The van der Waals surface area contributed by atoms with Gasteiger partial charge in [0.15, 0.2) is 5.39 Å². The van der Waals surface area contributed by atoms with E-state index in [1.807, 2.05) is 61.5 Å². The van der Waals surface area contributed by atoms with Crippen LogP contribution in [0.5, 0.6) is 5.88 Å². The molecule has 0 radical (unpaired) electrons. The summed E-state index contributed by atoms with van der Waals surface area (Å²) in [6.07, 6.45) is 0.787. The molecule has 162 valence electrons. The van der Waals surface area contributed by atoms with Crippen LogP contribution in [0.1, 0.15) is 19.4 Å². The first-order chi connectivity index (χ1) is 15.4. The largest absolute Gasteiger partial charge is 0.478 e. The Bertz CT molecular complexity index is 1460. The summed E-state index contributed by atoms with van der Waals surface area (Å²) in [5.41, 5.74) is 1.39. The van der Waals surface area contributed by atoms with Gasteiger partial charge in [0.05, 0.1) is 12.7 Å². The maximum Gasteiger partial charge on any atom is 0.423 e. The third-order valence-corrected chi connectivity index (χ3v) is 6.53. The number of anilines is 2. The molecular formula is C24H22BrN4O3+. The number of rotatable bonds is 4. The molecule has 2 heterocycles. The van der Waals surface area contributed by atoms with Crippen LogP contribution in [-0.2, 0) is 7.05 Å². The third-order valence-electron chi connectivity index (χ3n) is 6.01. The number of hydrogen-bond acceptors (Lipinski definition) is 4. The fraction of sp³-hybridized carbons (Fsp3) is 0.208. The van der Waals surface area contributed by atoms with Gasteiger partial charge in [0, 0.05) is 22.3 Å². The van der Waals surface area contributed by atoms with Crippen LogP contribution in [0.15, 0.2) is 74.7 Å². The normalized spacial score (nSPS) is 17.5. The summed E-state index contributed by atoms with van der Waals surface area (Å²) in [6.45, 7) is 2.03. The van der Waals surface area contributed by atoms with E-state index in [4.69, 9.17) is 0 Å². The summed E-state index contributed by atoms with van der Waals surface area (Å²) < 4.78 is 5.27. The van der Waals surface area contributed by atoms with E-state index in [0.29, 0.717) is 22.4 Å². The van der Waals surface area contributed by atoms with Gasteiger partial charge in [0.25, 0.3) is 11.4 Å². The van der Waals surface area contributed by atoms with E-state index in [1.165, 1.54) is 19.8 Å². The maximum absolute atomic E-state index is 13.7. The zero-order chi connectivity index (χ0) is 22.6. The van der Waals surface area contributed by atoms with Gasteiger partial charge in [-0.05, 0) is 48.7 Å². The first kappa shape index (κ1) is 20.5. The van der Waals surface area contributed by atoms with Crippen LogP contribution in [0.4, 0.5) is 11.4 Å². The highest BCUT2D eigenvalue weighted by atomic mass is 79.9. The van der Waals surface area contributed by atoms with Gasteiger partial charge >= 0.3 is 11.3 Å². The second-order valence-corrected chi connectivity index (χ2v) is 9.13. The van der Waals surface area contributed by atoms with Crippen molar-refractivity contribution >= 4 is 38.3 Å². The Morgan fingerprint density at radius 1 is 1.09 bits per heavy atom. The number of pyridine rings is 1. The third kappa shape index (κ3) is 3.31. The first-order valence-corrected chi connectivity index (χ1v) is 11.2. The number of hydrogen-bond donors (Lipinski definition) is 2. The van der Waals surface area contributed by atoms with Crippen molar-refractivity contribution in [3.8, 4) is 11.6 Å². The molecule has 2 N–H and O–H groups in total. The summed E-state index contributed by atoms with van der Waals surface area (Å²) in [6, 6.07) is 18.1. The molecule has 0 saturated heterocycles. The first-order valence-electron chi connectivity index (χ1n) is 10.4. The minimum absolute atomic E-state index is 0.0712. The molecule has 1 aliphatic carbocycles. The number of nitrogens with one attached hydrogen (secondary N) is 1. The number of para-hydroxylation sites is 1. The van der Waals surface area contributed by atoms with E-state index in [2.05, 4.69) is 21.2 Å². The van der Waals surface area contributed by atoms with Gasteiger partial charge in [-0.2, -0.15) is 4.57 Å². The predicted octanol–water partition coefficient (Wildman–Crippen LogP) is 3.77. The zero-order valence-corrected chi connectivity index (χ0v) is 19.2. The quantitative estimate of drug-likeness (QED) is 0.424. The van der Waals surface area contributed by atoms with E-state index < -0.39 is 5.69 Å². The molecule has 0 bridgehead atoms. The van der Waals surface area contributed by atoms with Crippen molar-refractivity contribution in [2.75, 3.05) is 5.32 Å². The maximum atomic E-state index is 13.7. The molecule has 0 spiro atoms. The van der Waals surface area contributed by atoms with E-state index in [9.17, 15) is 14.7 Å². The fourth-order valence-corrected chi connectivity index (χ4v) is 4.39. The Hall–Kier alpha value is -3.39. The van der Waals surface area contributed by atoms with Crippen LogP contribution in [0.25, 0.3) is 16.7 Å². The minimum Gasteiger partial charge on any atom is -0.478 e. The van der Waals surface area contributed by atoms with E-state index in [0.717, 1.165) is 16.6 Å². The second-order valence-electron chi connectivity index (χ2n) is 8.21. The summed E-state index contributed by atoms with van der Waals surface area (Å²) >= 11 is 3.42. The van der Waals surface area contributed by atoms with Crippen molar-refractivity contribution in [2.45, 2.75) is 19.4 Å². The summed E-state index contributed by atoms with van der Waals surface area (Å²) in [7, 11) is 1.64. The minimum atomic E-state index is -0.404. The van der Waals surface area contributed by atoms with Gasteiger partial charge in [-0.15, -0.1) is 4.57 Å². The van der Waals surface area contributed by atoms with Crippen molar-refractivity contribution in [1.29, 1.82) is 0 Å². The lowest BCUT2D eigenvalue weighted by Gasteiger charge is -2.14. The summed E-state index contributed by atoms with van der Waals surface area (Å²) in [5, 5.41) is 14.3. The molecule has 32 heavy (non-hydrogen) atoms. The SMILES string of the molecule is CC1CC1n1c(=O)c2c(Nc3ccc(Br)cc3)cc(O)[n+](C)c2n(-c2ccccc2)c1=O. The number of aryl methyl sites for hydroxylation is 1. The number of benzene rings is 2. The Kier molecular flexibility index (Phi) is 4.89. The Balaban J connectivity index is 1.89. The van der Waals surface area contributed by atoms with Crippen LogP contribution < -0.4 is 21.1 Å². The zero-order valence-electron chi connectivity index (χ0n) is 17.6. The van der Waals surface area contributed by atoms with Crippen LogP contribution in [-0.4, -0.2) is 14.2 Å². The van der Waals surface area contributed by atoms with Crippen LogP contribution in [0.2, 0.25) is 0 Å². The highest BCUT2D eigenvalue weighted by Crippen LogP contribution is 2.41. The smallest absolute Gasteiger partial charge is 0.423 e. The predicted molar refractivity (Wildman–Crippen MR) is 127 cm³/mol. The molecule has 8 heteroatoms. The van der Waals surface area contributed by atoms with E-state index >= 15 is 0 Å². The monoisotopic (exact) mass is 493 g/mol. The van der Waals surface area contributed by atoms with Gasteiger partial charge in [0.2, 0.25) is 0 Å². The molecule has 2 aromatic carbocycles. The molecule has 2 atom stereocenters. The van der Waals surface area contributed by atoms with Gasteiger partial charge in [-0.1, -0.05) is 41.1 Å². The van der Waals surface area contributed by atoms with Crippen LogP contribution in [0.3, 0.4) is 0 Å². The molecule has 0 aliphatic heterocycles.